The summed E-state index contributed by atoms with van der Waals surface area (Å²) in [7, 11) is 0. The number of anilines is 2. The number of unbranched alkanes of at least 4 members (excludes halogenated alkanes) is 1. The maximum atomic E-state index is 13.8. The van der Waals surface area contributed by atoms with Crippen molar-refractivity contribution < 1.29 is 4.79 Å². The lowest BCUT2D eigenvalue weighted by Gasteiger charge is -2.27. The van der Waals surface area contributed by atoms with E-state index in [-0.39, 0.29) is 5.91 Å². The molecular formula is C27H27N3OS. The number of aryl methyl sites for hydroxylation is 3. The first kappa shape index (κ1) is 22.1. The minimum absolute atomic E-state index is 0.00134. The average Bonchev–Trinajstić information content (AvgIpc) is 2.99. The molecule has 1 amide bonds. The Labute approximate surface area is 194 Å². The summed E-state index contributed by atoms with van der Waals surface area (Å²) >= 11 is 1.38. The third kappa shape index (κ3) is 4.56. The highest BCUT2D eigenvalue weighted by molar-refractivity contribution is 8.00. The van der Waals surface area contributed by atoms with Gasteiger partial charge in [0.05, 0.1) is 22.2 Å². The first-order chi connectivity index (χ1) is 15.6. The van der Waals surface area contributed by atoms with Gasteiger partial charge in [0.1, 0.15) is 11.1 Å². The number of amides is 1. The molecule has 1 unspecified atom stereocenters. The van der Waals surface area contributed by atoms with Gasteiger partial charge in [0.15, 0.2) is 0 Å². The van der Waals surface area contributed by atoms with E-state index >= 15 is 0 Å². The molecule has 5 heteroatoms. The third-order valence-electron chi connectivity index (χ3n) is 5.81. The highest BCUT2D eigenvalue weighted by Gasteiger charge is 2.30. The number of hydrogen-bond donors (Lipinski definition) is 0. The number of fused-ring (bicyclic) bond motifs is 2. The standard InChI is InChI=1S/C27H27N3OS/c1-3-4-11-23-17-16-22(18-28)26(29-23)32-19(2)27(31)30-24-12-7-5-9-20(24)14-15-21-10-6-8-13-25(21)30/h5-10,12-13,16-17,19H,3-4,11,14-15H2,1-2H3. The fourth-order valence-corrected chi connectivity index (χ4v) is 5.02. The summed E-state index contributed by atoms with van der Waals surface area (Å²) < 4.78 is 0. The van der Waals surface area contributed by atoms with Crippen molar-refractivity contribution in [2.75, 3.05) is 4.90 Å². The maximum absolute atomic E-state index is 13.8. The molecule has 0 fully saturated rings. The first-order valence-electron chi connectivity index (χ1n) is 11.2. The quantitative estimate of drug-likeness (QED) is 0.425. The number of para-hydroxylation sites is 2. The van der Waals surface area contributed by atoms with Crippen LogP contribution in [0, 0.1) is 11.3 Å². The van der Waals surface area contributed by atoms with Crippen LogP contribution in [0.1, 0.15) is 49.1 Å². The average molecular weight is 442 g/mol. The Morgan fingerprint density at radius 3 is 2.28 bits per heavy atom. The van der Waals surface area contributed by atoms with E-state index in [0.717, 1.165) is 49.2 Å². The number of pyridine rings is 1. The van der Waals surface area contributed by atoms with Crippen molar-refractivity contribution in [3.8, 4) is 6.07 Å². The highest BCUT2D eigenvalue weighted by Crippen LogP contribution is 2.38. The Bertz CT molecular complexity index is 1120. The Hall–Kier alpha value is -3.10. The maximum Gasteiger partial charge on any atom is 0.244 e. The van der Waals surface area contributed by atoms with Crippen LogP contribution in [0.4, 0.5) is 11.4 Å². The summed E-state index contributed by atoms with van der Waals surface area (Å²) in [4.78, 5) is 20.4. The molecule has 2 aromatic carbocycles. The van der Waals surface area contributed by atoms with E-state index in [1.54, 1.807) is 0 Å². The van der Waals surface area contributed by atoms with Crippen molar-refractivity contribution in [1.82, 2.24) is 4.98 Å². The topological polar surface area (TPSA) is 57.0 Å². The second kappa shape index (κ2) is 10.0. The van der Waals surface area contributed by atoms with Gasteiger partial charge in [-0.25, -0.2) is 4.98 Å². The molecule has 0 spiro atoms. The minimum atomic E-state index is -0.393. The predicted molar refractivity (Wildman–Crippen MR) is 130 cm³/mol. The molecule has 4 nitrogen and oxygen atoms in total. The van der Waals surface area contributed by atoms with E-state index in [4.69, 9.17) is 4.98 Å². The van der Waals surface area contributed by atoms with Crippen LogP contribution < -0.4 is 4.90 Å². The second-order valence-corrected chi connectivity index (χ2v) is 9.39. The van der Waals surface area contributed by atoms with Crippen LogP contribution in [0.2, 0.25) is 0 Å². The van der Waals surface area contributed by atoms with Gasteiger partial charge in [-0.05, 0) is 68.0 Å². The summed E-state index contributed by atoms with van der Waals surface area (Å²) in [5, 5.41) is 9.83. The van der Waals surface area contributed by atoms with Crippen LogP contribution in [-0.2, 0) is 24.1 Å². The Kier molecular flexibility index (Phi) is 6.92. The van der Waals surface area contributed by atoms with E-state index in [9.17, 15) is 10.1 Å². The lowest BCUT2D eigenvalue weighted by molar-refractivity contribution is -0.117. The van der Waals surface area contributed by atoms with E-state index in [2.05, 4.69) is 25.1 Å². The van der Waals surface area contributed by atoms with E-state index < -0.39 is 5.25 Å². The molecule has 0 aliphatic carbocycles. The van der Waals surface area contributed by atoms with Crippen molar-refractivity contribution >= 4 is 29.0 Å². The van der Waals surface area contributed by atoms with Crippen molar-refractivity contribution in [2.45, 2.75) is 56.2 Å². The zero-order valence-electron chi connectivity index (χ0n) is 18.5. The third-order valence-corrected chi connectivity index (χ3v) is 6.90. The fraction of sp³-hybridized carbons (Fsp3) is 0.296. The smallest absolute Gasteiger partial charge is 0.244 e. The number of thioether (sulfide) groups is 1. The molecule has 32 heavy (non-hydrogen) atoms. The minimum Gasteiger partial charge on any atom is -0.280 e. The molecule has 0 N–H and O–H groups in total. The molecule has 4 rings (SSSR count). The van der Waals surface area contributed by atoms with Gasteiger partial charge in [-0.3, -0.25) is 9.69 Å². The van der Waals surface area contributed by atoms with E-state index in [1.807, 2.05) is 60.4 Å². The van der Waals surface area contributed by atoms with Crippen LogP contribution in [0.5, 0.6) is 0 Å². The van der Waals surface area contributed by atoms with Gasteiger partial charge >= 0.3 is 0 Å². The van der Waals surface area contributed by atoms with Crippen LogP contribution in [0.15, 0.2) is 65.7 Å². The molecule has 1 atom stereocenters. The van der Waals surface area contributed by atoms with Crippen LogP contribution in [0.25, 0.3) is 0 Å². The zero-order chi connectivity index (χ0) is 22.5. The Morgan fingerprint density at radius 1 is 1.06 bits per heavy atom. The zero-order valence-corrected chi connectivity index (χ0v) is 19.4. The van der Waals surface area contributed by atoms with Gasteiger partial charge in [-0.2, -0.15) is 5.26 Å². The molecular weight excluding hydrogens is 414 g/mol. The number of nitriles is 1. The molecule has 162 valence electrons. The van der Waals surface area contributed by atoms with Crippen molar-refractivity contribution in [2.24, 2.45) is 0 Å². The molecule has 0 bridgehead atoms. The second-order valence-electron chi connectivity index (χ2n) is 8.06. The van der Waals surface area contributed by atoms with Gasteiger partial charge in [0.2, 0.25) is 5.91 Å². The molecule has 0 saturated carbocycles. The first-order valence-corrected chi connectivity index (χ1v) is 12.1. The van der Waals surface area contributed by atoms with E-state index in [1.165, 1.54) is 22.9 Å². The van der Waals surface area contributed by atoms with Gasteiger partial charge in [0, 0.05) is 5.69 Å². The van der Waals surface area contributed by atoms with Crippen molar-refractivity contribution in [3.63, 3.8) is 0 Å². The number of aromatic nitrogens is 1. The van der Waals surface area contributed by atoms with Gasteiger partial charge in [-0.1, -0.05) is 61.5 Å². The molecule has 0 radical (unpaired) electrons. The van der Waals surface area contributed by atoms with Gasteiger partial charge in [0.25, 0.3) is 0 Å². The monoisotopic (exact) mass is 441 g/mol. The molecule has 3 aromatic rings. The molecule has 0 saturated heterocycles. The SMILES string of the molecule is CCCCc1ccc(C#N)c(SC(C)C(=O)N2c3ccccc3CCc3ccccc32)n1. The number of carbonyl (C=O) groups is 1. The Balaban J connectivity index is 1.67. The normalized spacial score (nSPS) is 13.5. The molecule has 1 aliphatic rings. The van der Waals surface area contributed by atoms with Crippen molar-refractivity contribution in [1.29, 1.82) is 5.26 Å². The highest BCUT2D eigenvalue weighted by atomic mass is 32.2. The summed E-state index contributed by atoms with van der Waals surface area (Å²) in [6, 6.07) is 22.3. The number of carbonyl (C=O) groups excluding carboxylic acids is 1. The van der Waals surface area contributed by atoms with Crippen LogP contribution in [-0.4, -0.2) is 16.1 Å². The van der Waals surface area contributed by atoms with Crippen LogP contribution in [0.3, 0.4) is 0 Å². The summed E-state index contributed by atoms with van der Waals surface area (Å²) in [5.74, 6) is 0.00134. The van der Waals surface area contributed by atoms with Gasteiger partial charge < -0.3 is 0 Å². The number of benzene rings is 2. The Morgan fingerprint density at radius 2 is 1.69 bits per heavy atom. The predicted octanol–water partition coefficient (Wildman–Crippen LogP) is 6.24. The number of nitrogens with zero attached hydrogens (tertiary/aromatic N) is 3. The van der Waals surface area contributed by atoms with Gasteiger partial charge in [-0.15, -0.1) is 0 Å². The molecule has 2 heterocycles. The molecule has 1 aromatic heterocycles. The summed E-state index contributed by atoms with van der Waals surface area (Å²) in [6.07, 6.45) is 4.83. The summed E-state index contributed by atoms with van der Waals surface area (Å²) in [6.45, 7) is 4.06. The fourth-order valence-electron chi connectivity index (χ4n) is 4.07. The lowest BCUT2D eigenvalue weighted by atomic mass is 10.0. The lowest BCUT2D eigenvalue weighted by Crippen LogP contribution is -2.33. The van der Waals surface area contributed by atoms with Crippen molar-refractivity contribution in [3.05, 3.63) is 83.0 Å². The molecule has 1 aliphatic heterocycles. The number of hydrogen-bond acceptors (Lipinski definition) is 4. The summed E-state index contributed by atoms with van der Waals surface area (Å²) in [5.41, 5.74) is 5.73. The van der Waals surface area contributed by atoms with Crippen LogP contribution >= 0.6 is 11.8 Å². The largest absolute Gasteiger partial charge is 0.280 e. The van der Waals surface area contributed by atoms with E-state index in [0.29, 0.717) is 10.6 Å². The number of rotatable bonds is 6.